The van der Waals surface area contributed by atoms with Crippen molar-refractivity contribution in [2.45, 2.75) is 51.2 Å². The predicted octanol–water partition coefficient (Wildman–Crippen LogP) is 3.26. The maximum Gasteiger partial charge on any atom is 0.226 e. The van der Waals surface area contributed by atoms with Gasteiger partial charge < -0.3 is 14.4 Å². The second-order valence-electron chi connectivity index (χ2n) is 7.06. The Morgan fingerprint density at radius 1 is 1.30 bits per heavy atom. The second kappa shape index (κ2) is 6.91. The molecule has 1 saturated heterocycles. The van der Waals surface area contributed by atoms with Gasteiger partial charge in [-0.1, -0.05) is 25.1 Å². The van der Waals surface area contributed by atoms with E-state index in [0.29, 0.717) is 25.2 Å². The maximum absolute atomic E-state index is 12.6. The average Bonchev–Trinajstić information content (AvgIpc) is 2.92. The number of benzene rings is 1. The Balaban J connectivity index is 1.52. The third-order valence-electron chi connectivity index (χ3n) is 5.54. The molecule has 4 nitrogen and oxygen atoms in total. The van der Waals surface area contributed by atoms with Crippen LogP contribution in [-0.2, 0) is 9.53 Å². The normalized spacial score (nSPS) is 30.1. The fourth-order valence-corrected chi connectivity index (χ4v) is 4.20. The highest BCUT2D eigenvalue weighted by Gasteiger charge is 2.48. The summed E-state index contributed by atoms with van der Waals surface area (Å²) in [6, 6.07) is 10.1. The molecule has 1 saturated carbocycles. The fraction of sp³-hybridized carbons (Fsp3) is 0.632. The highest BCUT2D eigenvalue weighted by molar-refractivity contribution is 5.77. The van der Waals surface area contributed by atoms with Crippen LogP contribution in [-0.4, -0.2) is 43.2 Å². The number of ether oxygens (including phenoxy) is 2. The number of carbonyl (C=O) groups excluding carboxylic acids is 1. The van der Waals surface area contributed by atoms with Crippen molar-refractivity contribution in [3.63, 3.8) is 0 Å². The van der Waals surface area contributed by atoms with Gasteiger partial charge in [-0.2, -0.15) is 0 Å². The van der Waals surface area contributed by atoms with Crippen LogP contribution in [0.1, 0.15) is 39.0 Å². The Morgan fingerprint density at radius 2 is 2.09 bits per heavy atom. The molecule has 3 atom stereocenters. The molecule has 1 aromatic carbocycles. The summed E-state index contributed by atoms with van der Waals surface area (Å²) in [7, 11) is 1.80. The molecule has 3 rings (SSSR count). The monoisotopic (exact) mass is 317 g/mol. The molecule has 1 aliphatic carbocycles. The van der Waals surface area contributed by atoms with Gasteiger partial charge in [-0.05, 0) is 43.2 Å². The highest BCUT2D eigenvalue weighted by Crippen LogP contribution is 2.47. The van der Waals surface area contributed by atoms with Gasteiger partial charge in [0.15, 0.2) is 0 Å². The predicted molar refractivity (Wildman–Crippen MR) is 89.4 cm³/mol. The molecule has 0 bridgehead atoms. The molecule has 0 unspecified atom stereocenters. The van der Waals surface area contributed by atoms with Gasteiger partial charge >= 0.3 is 0 Å². The first-order valence-corrected chi connectivity index (χ1v) is 8.62. The fourth-order valence-electron chi connectivity index (χ4n) is 4.20. The summed E-state index contributed by atoms with van der Waals surface area (Å²) in [5.74, 6) is 1.05. The Bertz CT molecular complexity index is 533. The highest BCUT2D eigenvalue weighted by atomic mass is 16.5. The van der Waals surface area contributed by atoms with Crippen LogP contribution in [0.25, 0.3) is 0 Å². The second-order valence-corrected chi connectivity index (χ2v) is 7.06. The van der Waals surface area contributed by atoms with Crippen molar-refractivity contribution in [1.29, 1.82) is 0 Å². The van der Waals surface area contributed by atoms with E-state index in [0.717, 1.165) is 38.0 Å². The Labute approximate surface area is 138 Å². The molecular weight excluding hydrogens is 290 g/mol. The molecule has 1 heterocycles. The van der Waals surface area contributed by atoms with E-state index in [4.69, 9.17) is 9.47 Å². The van der Waals surface area contributed by atoms with Crippen LogP contribution in [0.5, 0.6) is 5.75 Å². The molecule has 4 heteroatoms. The lowest BCUT2D eigenvalue weighted by Gasteiger charge is -2.42. The molecule has 0 spiro atoms. The average molecular weight is 317 g/mol. The largest absolute Gasteiger partial charge is 0.493 e. The quantitative estimate of drug-likeness (QED) is 0.837. The third kappa shape index (κ3) is 3.52. The smallest absolute Gasteiger partial charge is 0.226 e. The minimum atomic E-state index is 0.217. The standard InChI is InChI=1S/C19H27NO3/c1-19-11-12-20(17(19)9-8-16(14-19)22-2)18(21)10-13-23-15-6-4-3-5-7-15/h3-7,16-17H,8-14H2,1-2H3/t16-,17-,19+/m1/s1. The number of hydrogen-bond donors (Lipinski definition) is 0. The van der Waals surface area contributed by atoms with Crippen LogP contribution >= 0.6 is 0 Å². The van der Waals surface area contributed by atoms with Crippen molar-refractivity contribution < 1.29 is 14.3 Å². The molecule has 1 amide bonds. The van der Waals surface area contributed by atoms with E-state index >= 15 is 0 Å². The number of methoxy groups -OCH3 is 1. The zero-order chi connectivity index (χ0) is 16.3. The summed E-state index contributed by atoms with van der Waals surface area (Å²) in [6.07, 6.45) is 5.07. The summed E-state index contributed by atoms with van der Waals surface area (Å²) in [6.45, 7) is 3.64. The summed E-state index contributed by atoms with van der Waals surface area (Å²) in [4.78, 5) is 14.7. The number of para-hydroxylation sites is 1. The molecule has 1 aromatic rings. The van der Waals surface area contributed by atoms with Crippen LogP contribution < -0.4 is 4.74 Å². The Morgan fingerprint density at radius 3 is 2.83 bits per heavy atom. The van der Waals surface area contributed by atoms with Gasteiger partial charge in [-0.3, -0.25) is 4.79 Å². The SMILES string of the molecule is CO[C@@H]1CC[C@H]2N(C(=O)CCOc3ccccc3)CC[C@@]2(C)C1. The first-order valence-electron chi connectivity index (χ1n) is 8.62. The van der Waals surface area contributed by atoms with Crippen LogP contribution in [0.4, 0.5) is 0 Å². The van der Waals surface area contributed by atoms with E-state index in [1.165, 1.54) is 0 Å². The Hall–Kier alpha value is -1.55. The molecule has 0 aromatic heterocycles. The number of fused-ring (bicyclic) bond motifs is 1. The van der Waals surface area contributed by atoms with Gasteiger partial charge in [0.05, 0.1) is 19.1 Å². The van der Waals surface area contributed by atoms with Gasteiger partial charge in [0.2, 0.25) is 5.91 Å². The number of carbonyl (C=O) groups is 1. The zero-order valence-electron chi connectivity index (χ0n) is 14.2. The van der Waals surface area contributed by atoms with Crippen molar-refractivity contribution in [3.05, 3.63) is 30.3 Å². The number of amides is 1. The number of rotatable bonds is 5. The molecule has 2 fully saturated rings. The van der Waals surface area contributed by atoms with Crippen molar-refractivity contribution in [2.24, 2.45) is 5.41 Å². The molecule has 126 valence electrons. The van der Waals surface area contributed by atoms with E-state index in [1.807, 2.05) is 30.3 Å². The first kappa shape index (κ1) is 16.3. The van der Waals surface area contributed by atoms with E-state index in [9.17, 15) is 4.79 Å². The van der Waals surface area contributed by atoms with Crippen LogP contribution in [0.2, 0.25) is 0 Å². The van der Waals surface area contributed by atoms with Crippen LogP contribution in [0, 0.1) is 5.41 Å². The molecule has 2 aliphatic rings. The van der Waals surface area contributed by atoms with E-state index in [1.54, 1.807) is 7.11 Å². The lowest BCUT2D eigenvalue weighted by atomic mass is 9.71. The molecule has 1 aliphatic heterocycles. The van der Waals surface area contributed by atoms with Crippen molar-refractivity contribution in [1.82, 2.24) is 4.90 Å². The van der Waals surface area contributed by atoms with Crippen LogP contribution in [0.15, 0.2) is 30.3 Å². The summed E-state index contributed by atoms with van der Waals surface area (Å²) < 4.78 is 11.2. The first-order chi connectivity index (χ1) is 11.1. The number of nitrogens with zero attached hydrogens (tertiary/aromatic N) is 1. The summed E-state index contributed by atoms with van der Waals surface area (Å²) in [5, 5.41) is 0. The van der Waals surface area contributed by atoms with Crippen molar-refractivity contribution in [2.75, 3.05) is 20.3 Å². The number of likely N-dealkylation sites (tertiary alicyclic amines) is 1. The van der Waals surface area contributed by atoms with Gasteiger partial charge in [-0.25, -0.2) is 0 Å². The van der Waals surface area contributed by atoms with Gasteiger partial charge in [0, 0.05) is 19.7 Å². The maximum atomic E-state index is 12.6. The zero-order valence-corrected chi connectivity index (χ0v) is 14.2. The van der Waals surface area contributed by atoms with Gasteiger partial charge in [-0.15, -0.1) is 0 Å². The van der Waals surface area contributed by atoms with E-state index in [-0.39, 0.29) is 11.3 Å². The van der Waals surface area contributed by atoms with Crippen molar-refractivity contribution >= 4 is 5.91 Å². The van der Waals surface area contributed by atoms with E-state index in [2.05, 4.69) is 11.8 Å². The van der Waals surface area contributed by atoms with Crippen molar-refractivity contribution in [3.8, 4) is 5.75 Å². The molecule has 0 radical (unpaired) electrons. The minimum absolute atomic E-state index is 0.217. The lowest BCUT2D eigenvalue weighted by molar-refractivity contribution is -0.135. The summed E-state index contributed by atoms with van der Waals surface area (Å²) in [5.41, 5.74) is 0.217. The summed E-state index contributed by atoms with van der Waals surface area (Å²) >= 11 is 0. The van der Waals surface area contributed by atoms with Gasteiger partial charge in [0.1, 0.15) is 5.75 Å². The molecular formula is C19H27NO3. The van der Waals surface area contributed by atoms with E-state index < -0.39 is 0 Å². The molecule has 0 N–H and O–H groups in total. The van der Waals surface area contributed by atoms with Crippen LogP contribution in [0.3, 0.4) is 0 Å². The number of hydrogen-bond acceptors (Lipinski definition) is 3. The molecule has 23 heavy (non-hydrogen) atoms. The topological polar surface area (TPSA) is 38.8 Å². The third-order valence-corrected chi connectivity index (χ3v) is 5.54. The Kier molecular flexibility index (Phi) is 4.90. The van der Waals surface area contributed by atoms with Gasteiger partial charge in [0.25, 0.3) is 0 Å². The minimum Gasteiger partial charge on any atom is -0.493 e. The lowest BCUT2D eigenvalue weighted by Crippen LogP contribution is -2.46.